The fourth-order valence-electron chi connectivity index (χ4n) is 1.69. The molecule has 0 heterocycles. The summed E-state index contributed by atoms with van der Waals surface area (Å²) < 4.78 is 0. The maximum absolute atomic E-state index is 11.7. The minimum Gasteiger partial charge on any atom is -0.478 e. The minimum absolute atomic E-state index is 0.0102. The van der Waals surface area contributed by atoms with Crippen LogP contribution in [0.25, 0.3) is 0 Å². The SMILES string of the molecule is CC(C(=O)O)=C(C)C(=O)NCC(C)(O)CC(C)C. The van der Waals surface area contributed by atoms with E-state index in [2.05, 4.69) is 5.32 Å². The van der Waals surface area contributed by atoms with Crippen molar-refractivity contribution in [1.29, 1.82) is 0 Å². The van der Waals surface area contributed by atoms with Crippen molar-refractivity contribution in [3.63, 3.8) is 0 Å². The van der Waals surface area contributed by atoms with Crippen molar-refractivity contribution in [3.8, 4) is 0 Å². The molecule has 18 heavy (non-hydrogen) atoms. The smallest absolute Gasteiger partial charge is 0.331 e. The first-order valence-electron chi connectivity index (χ1n) is 5.98. The van der Waals surface area contributed by atoms with E-state index in [4.69, 9.17) is 5.11 Å². The summed E-state index contributed by atoms with van der Waals surface area (Å²) in [5.41, 5.74) is -0.819. The van der Waals surface area contributed by atoms with Crippen LogP contribution in [0.3, 0.4) is 0 Å². The Bertz CT molecular complexity index is 356. The van der Waals surface area contributed by atoms with E-state index in [-0.39, 0.29) is 17.7 Å². The topological polar surface area (TPSA) is 86.6 Å². The predicted octanol–water partition coefficient (Wildman–Crippen LogP) is 1.32. The second-order valence-electron chi connectivity index (χ2n) is 5.33. The van der Waals surface area contributed by atoms with Crippen LogP contribution in [0.15, 0.2) is 11.1 Å². The number of aliphatic carboxylic acids is 1. The van der Waals surface area contributed by atoms with E-state index in [0.29, 0.717) is 12.3 Å². The first kappa shape index (κ1) is 16.6. The molecular formula is C13H23NO4. The van der Waals surface area contributed by atoms with Crippen molar-refractivity contribution in [2.75, 3.05) is 6.54 Å². The molecule has 0 radical (unpaired) electrons. The molecule has 0 aromatic carbocycles. The summed E-state index contributed by atoms with van der Waals surface area (Å²) in [5.74, 6) is -1.26. The van der Waals surface area contributed by atoms with E-state index in [1.807, 2.05) is 13.8 Å². The van der Waals surface area contributed by atoms with Gasteiger partial charge in [0.2, 0.25) is 5.91 Å². The van der Waals surface area contributed by atoms with Gasteiger partial charge in [-0.3, -0.25) is 4.79 Å². The summed E-state index contributed by atoms with van der Waals surface area (Å²) in [6.07, 6.45) is 0.563. The molecule has 0 fully saturated rings. The summed E-state index contributed by atoms with van der Waals surface area (Å²) in [6.45, 7) is 8.55. The zero-order valence-electron chi connectivity index (χ0n) is 11.7. The molecule has 3 N–H and O–H groups in total. The fraction of sp³-hybridized carbons (Fsp3) is 0.692. The molecular weight excluding hydrogens is 234 g/mol. The normalized spacial score (nSPS) is 15.9. The Balaban J connectivity index is 4.52. The molecule has 0 aromatic rings. The first-order chi connectivity index (χ1) is 8.07. The van der Waals surface area contributed by atoms with Crippen LogP contribution >= 0.6 is 0 Å². The number of hydrogen-bond acceptors (Lipinski definition) is 3. The van der Waals surface area contributed by atoms with E-state index in [9.17, 15) is 14.7 Å². The van der Waals surface area contributed by atoms with Crippen LogP contribution in [0.1, 0.15) is 41.0 Å². The highest BCUT2D eigenvalue weighted by atomic mass is 16.4. The third-order valence-electron chi connectivity index (χ3n) is 2.70. The predicted molar refractivity (Wildman–Crippen MR) is 69.1 cm³/mol. The maximum atomic E-state index is 11.7. The van der Waals surface area contributed by atoms with Gasteiger partial charge in [0, 0.05) is 17.7 Å². The van der Waals surface area contributed by atoms with Crippen LogP contribution < -0.4 is 5.32 Å². The second-order valence-corrected chi connectivity index (χ2v) is 5.33. The molecule has 0 aliphatic carbocycles. The molecule has 0 rings (SSSR count). The van der Waals surface area contributed by atoms with Crippen LogP contribution in [-0.4, -0.2) is 34.2 Å². The van der Waals surface area contributed by atoms with Gasteiger partial charge in [0.1, 0.15) is 0 Å². The average molecular weight is 257 g/mol. The Labute approximate surface area is 108 Å². The molecule has 5 nitrogen and oxygen atoms in total. The molecule has 0 aliphatic heterocycles. The molecule has 0 bridgehead atoms. The van der Waals surface area contributed by atoms with E-state index in [1.54, 1.807) is 6.92 Å². The van der Waals surface area contributed by atoms with Gasteiger partial charge in [0.25, 0.3) is 0 Å². The molecule has 104 valence electrons. The van der Waals surface area contributed by atoms with E-state index in [1.165, 1.54) is 13.8 Å². The van der Waals surface area contributed by atoms with Crippen molar-refractivity contribution in [1.82, 2.24) is 5.32 Å². The van der Waals surface area contributed by atoms with Crippen LogP contribution in [-0.2, 0) is 9.59 Å². The van der Waals surface area contributed by atoms with E-state index >= 15 is 0 Å². The lowest BCUT2D eigenvalue weighted by molar-refractivity contribution is -0.133. The van der Waals surface area contributed by atoms with Gasteiger partial charge in [0.05, 0.1) is 5.60 Å². The van der Waals surface area contributed by atoms with Crippen LogP contribution in [0, 0.1) is 5.92 Å². The van der Waals surface area contributed by atoms with E-state index in [0.717, 1.165) is 0 Å². The third kappa shape index (κ3) is 5.82. The maximum Gasteiger partial charge on any atom is 0.331 e. The number of carbonyl (C=O) groups excluding carboxylic acids is 1. The third-order valence-corrected chi connectivity index (χ3v) is 2.70. The van der Waals surface area contributed by atoms with Gasteiger partial charge in [0.15, 0.2) is 0 Å². The van der Waals surface area contributed by atoms with Gasteiger partial charge in [-0.1, -0.05) is 13.8 Å². The van der Waals surface area contributed by atoms with E-state index < -0.39 is 17.5 Å². The van der Waals surface area contributed by atoms with Crippen molar-refractivity contribution in [2.24, 2.45) is 5.92 Å². The van der Waals surface area contributed by atoms with Crippen molar-refractivity contribution in [2.45, 2.75) is 46.6 Å². The average Bonchev–Trinajstić information content (AvgIpc) is 2.21. The quantitative estimate of drug-likeness (QED) is 0.626. The lowest BCUT2D eigenvalue weighted by atomic mass is 9.94. The lowest BCUT2D eigenvalue weighted by Crippen LogP contribution is -2.42. The molecule has 1 unspecified atom stereocenters. The standard InChI is InChI=1S/C13H23NO4/c1-8(2)6-13(5,18)7-14-11(15)9(3)10(4)12(16)17/h8,18H,6-7H2,1-5H3,(H,14,15)(H,16,17). The van der Waals surface area contributed by atoms with Gasteiger partial charge >= 0.3 is 5.97 Å². The van der Waals surface area contributed by atoms with Crippen molar-refractivity contribution >= 4 is 11.9 Å². The number of nitrogens with one attached hydrogen (secondary N) is 1. The Hall–Kier alpha value is -1.36. The number of carbonyl (C=O) groups is 2. The highest BCUT2D eigenvalue weighted by Crippen LogP contribution is 2.15. The monoisotopic (exact) mass is 257 g/mol. The minimum atomic E-state index is -1.11. The zero-order valence-corrected chi connectivity index (χ0v) is 11.7. The van der Waals surface area contributed by atoms with Gasteiger partial charge < -0.3 is 15.5 Å². The molecule has 0 saturated carbocycles. The Morgan fingerprint density at radius 2 is 1.72 bits per heavy atom. The molecule has 0 saturated heterocycles. The summed E-state index contributed by atoms with van der Waals surface area (Å²) in [7, 11) is 0. The Kier molecular flexibility index (Phi) is 6.05. The number of amides is 1. The van der Waals surface area contributed by atoms with Crippen molar-refractivity contribution < 1.29 is 19.8 Å². The number of aliphatic hydroxyl groups is 1. The summed E-state index contributed by atoms with van der Waals surface area (Å²) in [5, 5.41) is 21.3. The van der Waals surface area contributed by atoms with Crippen LogP contribution in [0.5, 0.6) is 0 Å². The molecule has 0 spiro atoms. The molecule has 5 heteroatoms. The second kappa shape index (κ2) is 6.54. The summed E-state index contributed by atoms with van der Waals surface area (Å²) in [4.78, 5) is 22.4. The fourth-order valence-corrected chi connectivity index (χ4v) is 1.69. The Morgan fingerprint density at radius 3 is 2.11 bits per heavy atom. The number of carboxylic acid groups (broad SMARTS) is 1. The number of carboxylic acids is 1. The summed E-state index contributed by atoms with van der Waals surface area (Å²) in [6, 6.07) is 0. The number of rotatable bonds is 6. The van der Waals surface area contributed by atoms with Crippen LogP contribution in [0.4, 0.5) is 0 Å². The highest BCUT2D eigenvalue weighted by Gasteiger charge is 2.23. The molecule has 0 aromatic heterocycles. The van der Waals surface area contributed by atoms with Crippen molar-refractivity contribution in [3.05, 3.63) is 11.1 Å². The largest absolute Gasteiger partial charge is 0.478 e. The zero-order chi connectivity index (χ0) is 14.5. The summed E-state index contributed by atoms with van der Waals surface area (Å²) >= 11 is 0. The highest BCUT2D eigenvalue weighted by molar-refractivity contribution is 6.01. The van der Waals surface area contributed by atoms with Gasteiger partial charge in [-0.2, -0.15) is 0 Å². The van der Waals surface area contributed by atoms with Gasteiger partial charge in [-0.25, -0.2) is 4.79 Å². The van der Waals surface area contributed by atoms with Gasteiger partial charge in [-0.05, 0) is 33.1 Å². The Morgan fingerprint density at radius 1 is 1.22 bits per heavy atom. The number of hydrogen-bond donors (Lipinski definition) is 3. The lowest BCUT2D eigenvalue weighted by Gasteiger charge is -2.25. The molecule has 1 atom stereocenters. The molecule has 1 amide bonds. The van der Waals surface area contributed by atoms with Gasteiger partial charge in [-0.15, -0.1) is 0 Å². The van der Waals surface area contributed by atoms with Crippen LogP contribution in [0.2, 0.25) is 0 Å². The molecule has 0 aliphatic rings. The first-order valence-corrected chi connectivity index (χ1v) is 5.98.